The molecular formula is C11H10ClNO5S. The Balaban J connectivity index is 2.85. The quantitative estimate of drug-likeness (QED) is 0.868. The van der Waals surface area contributed by atoms with E-state index in [4.69, 9.17) is 20.5 Å². The highest BCUT2D eigenvalue weighted by Crippen LogP contribution is 2.34. The Morgan fingerprint density at radius 2 is 2.16 bits per heavy atom. The van der Waals surface area contributed by atoms with Gasteiger partial charge in [0, 0.05) is 16.9 Å². The average Bonchev–Trinajstić information content (AvgIpc) is 2.67. The summed E-state index contributed by atoms with van der Waals surface area (Å²) in [6.07, 6.45) is 1.20. The number of carboxylic acid groups (broad SMARTS) is 1. The lowest BCUT2D eigenvalue weighted by molar-refractivity contribution is -0.137. The molecule has 0 amide bonds. The number of hydrogen-bond donors (Lipinski definition) is 1. The molecule has 0 bridgehead atoms. The lowest BCUT2D eigenvalue weighted by Crippen LogP contribution is -2.07. The molecule has 0 aliphatic carbocycles. The van der Waals surface area contributed by atoms with Crippen molar-refractivity contribution in [3.05, 3.63) is 24.4 Å². The number of benzene rings is 1. The van der Waals surface area contributed by atoms with Crippen LogP contribution in [0.25, 0.3) is 10.9 Å². The second-order valence-electron chi connectivity index (χ2n) is 3.81. The van der Waals surface area contributed by atoms with E-state index in [0.29, 0.717) is 11.3 Å². The van der Waals surface area contributed by atoms with Crippen molar-refractivity contribution in [3.8, 4) is 5.75 Å². The largest absolute Gasteiger partial charge is 0.496 e. The summed E-state index contributed by atoms with van der Waals surface area (Å²) in [5.74, 6) is -0.765. The molecule has 19 heavy (non-hydrogen) atoms. The molecule has 0 saturated carbocycles. The van der Waals surface area contributed by atoms with E-state index in [9.17, 15) is 13.2 Å². The van der Waals surface area contributed by atoms with Crippen LogP contribution in [0.3, 0.4) is 0 Å². The number of carbonyl (C=O) groups is 1. The molecule has 8 heteroatoms. The first kappa shape index (κ1) is 13.7. The fourth-order valence-corrected chi connectivity index (χ4v) is 2.97. The van der Waals surface area contributed by atoms with Crippen LogP contribution in [-0.4, -0.2) is 31.2 Å². The number of nitrogens with zero attached hydrogens (tertiary/aromatic N) is 1. The molecule has 1 aromatic carbocycles. The molecule has 0 aliphatic heterocycles. The van der Waals surface area contributed by atoms with Crippen LogP contribution in [0.1, 0.15) is 0 Å². The van der Waals surface area contributed by atoms with Gasteiger partial charge in [-0.05, 0) is 12.1 Å². The van der Waals surface area contributed by atoms with Crippen LogP contribution in [0.2, 0.25) is 0 Å². The van der Waals surface area contributed by atoms with Gasteiger partial charge in [-0.25, -0.2) is 8.42 Å². The lowest BCUT2D eigenvalue weighted by atomic mass is 10.2. The van der Waals surface area contributed by atoms with Crippen LogP contribution in [-0.2, 0) is 20.4 Å². The molecule has 1 aromatic heterocycles. The fourth-order valence-electron chi connectivity index (χ4n) is 1.91. The number of rotatable bonds is 4. The van der Waals surface area contributed by atoms with Crippen molar-refractivity contribution in [2.24, 2.45) is 0 Å². The SMILES string of the molecule is COc1cccc2c1c(S(=O)(=O)Cl)cn2CC(=O)O. The minimum Gasteiger partial charge on any atom is -0.496 e. The maximum absolute atomic E-state index is 11.6. The van der Waals surface area contributed by atoms with Crippen LogP contribution in [0.15, 0.2) is 29.3 Å². The van der Waals surface area contributed by atoms with Gasteiger partial charge < -0.3 is 14.4 Å². The van der Waals surface area contributed by atoms with Gasteiger partial charge in [0.15, 0.2) is 0 Å². The van der Waals surface area contributed by atoms with Gasteiger partial charge in [-0.3, -0.25) is 4.79 Å². The Labute approximate surface area is 113 Å². The predicted molar refractivity (Wildman–Crippen MR) is 69.2 cm³/mol. The Bertz CT molecular complexity index is 750. The molecule has 0 fully saturated rings. The van der Waals surface area contributed by atoms with Crippen molar-refractivity contribution in [1.29, 1.82) is 0 Å². The number of aromatic nitrogens is 1. The van der Waals surface area contributed by atoms with Crippen LogP contribution in [0.4, 0.5) is 0 Å². The summed E-state index contributed by atoms with van der Waals surface area (Å²) in [6, 6.07) is 4.83. The van der Waals surface area contributed by atoms with E-state index in [2.05, 4.69) is 0 Å². The Hall–Kier alpha value is -1.73. The van der Waals surface area contributed by atoms with Gasteiger partial charge >= 0.3 is 5.97 Å². The average molecular weight is 304 g/mol. The Morgan fingerprint density at radius 3 is 2.68 bits per heavy atom. The highest BCUT2D eigenvalue weighted by atomic mass is 35.7. The van der Waals surface area contributed by atoms with Crippen molar-refractivity contribution in [3.63, 3.8) is 0 Å². The molecule has 2 rings (SSSR count). The maximum atomic E-state index is 11.6. The predicted octanol–water partition coefficient (Wildman–Crippen LogP) is 1.66. The molecule has 2 aromatic rings. The number of methoxy groups -OCH3 is 1. The molecule has 0 radical (unpaired) electrons. The van der Waals surface area contributed by atoms with E-state index in [1.54, 1.807) is 18.2 Å². The van der Waals surface area contributed by atoms with Gasteiger partial charge in [-0.15, -0.1) is 0 Å². The number of ether oxygens (including phenoxy) is 1. The topological polar surface area (TPSA) is 85.6 Å². The van der Waals surface area contributed by atoms with Crippen LogP contribution < -0.4 is 4.74 Å². The highest BCUT2D eigenvalue weighted by molar-refractivity contribution is 8.14. The molecule has 0 aliphatic rings. The van der Waals surface area contributed by atoms with Gasteiger partial charge in [-0.2, -0.15) is 0 Å². The van der Waals surface area contributed by atoms with Crippen molar-refractivity contribution >= 4 is 36.6 Å². The molecule has 0 saturated heterocycles. The van der Waals surface area contributed by atoms with Crippen molar-refractivity contribution < 1.29 is 23.1 Å². The standard InChI is InChI=1S/C11H10ClNO5S/c1-18-8-4-2-3-7-11(8)9(19(12,16)17)5-13(7)6-10(14)15/h2-5H,6H2,1H3,(H,14,15). The number of halogens is 1. The van der Waals surface area contributed by atoms with Gasteiger partial charge in [0.1, 0.15) is 17.2 Å². The summed E-state index contributed by atoms with van der Waals surface area (Å²) in [7, 11) is 2.77. The summed E-state index contributed by atoms with van der Waals surface area (Å²) in [4.78, 5) is 10.6. The van der Waals surface area contributed by atoms with E-state index in [1.165, 1.54) is 17.9 Å². The van der Waals surface area contributed by atoms with Crippen LogP contribution in [0.5, 0.6) is 5.75 Å². The fraction of sp³-hybridized carbons (Fsp3) is 0.182. The van der Waals surface area contributed by atoms with E-state index in [0.717, 1.165) is 0 Å². The monoisotopic (exact) mass is 303 g/mol. The summed E-state index contributed by atoms with van der Waals surface area (Å²) in [5, 5.41) is 9.11. The van der Waals surface area contributed by atoms with Crippen molar-refractivity contribution in [2.45, 2.75) is 11.4 Å². The summed E-state index contributed by atoms with van der Waals surface area (Å²) in [5.41, 5.74) is 0.431. The molecule has 1 N–H and O–H groups in total. The third-order valence-electron chi connectivity index (χ3n) is 2.62. The summed E-state index contributed by atoms with van der Waals surface area (Å²) in [6.45, 7) is -0.365. The first-order chi connectivity index (χ1) is 8.84. The number of carboxylic acids is 1. The van der Waals surface area contributed by atoms with E-state index in [1.807, 2.05) is 0 Å². The molecule has 6 nitrogen and oxygen atoms in total. The van der Waals surface area contributed by atoms with Crippen molar-refractivity contribution in [1.82, 2.24) is 4.57 Å². The zero-order chi connectivity index (χ0) is 14.2. The molecule has 1 heterocycles. The van der Waals surface area contributed by atoms with Crippen LogP contribution >= 0.6 is 10.7 Å². The van der Waals surface area contributed by atoms with E-state index < -0.39 is 15.0 Å². The second kappa shape index (κ2) is 4.75. The lowest BCUT2D eigenvalue weighted by Gasteiger charge is -2.04. The minimum atomic E-state index is -4.00. The zero-order valence-corrected chi connectivity index (χ0v) is 11.4. The van der Waals surface area contributed by atoms with Gasteiger partial charge in [-0.1, -0.05) is 6.07 Å². The van der Waals surface area contributed by atoms with Crippen LogP contribution in [0, 0.1) is 0 Å². The molecule has 0 atom stereocenters. The van der Waals surface area contributed by atoms with E-state index in [-0.39, 0.29) is 16.8 Å². The first-order valence-corrected chi connectivity index (χ1v) is 7.48. The second-order valence-corrected chi connectivity index (χ2v) is 6.34. The smallest absolute Gasteiger partial charge is 0.323 e. The number of aliphatic carboxylic acids is 1. The molecule has 0 spiro atoms. The van der Waals surface area contributed by atoms with Gasteiger partial charge in [0.25, 0.3) is 9.05 Å². The van der Waals surface area contributed by atoms with Gasteiger partial charge in [0.05, 0.1) is 18.0 Å². The number of fused-ring (bicyclic) bond motifs is 1. The first-order valence-electron chi connectivity index (χ1n) is 5.17. The number of hydrogen-bond acceptors (Lipinski definition) is 4. The third kappa shape index (κ3) is 2.52. The van der Waals surface area contributed by atoms with Crippen molar-refractivity contribution in [2.75, 3.05) is 7.11 Å². The normalized spacial score (nSPS) is 11.7. The van der Waals surface area contributed by atoms with Gasteiger partial charge in [0.2, 0.25) is 0 Å². The maximum Gasteiger partial charge on any atom is 0.323 e. The molecule has 102 valence electrons. The molecule has 0 unspecified atom stereocenters. The summed E-state index contributed by atoms with van der Waals surface area (Å²) >= 11 is 0. The minimum absolute atomic E-state index is 0.164. The summed E-state index contributed by atoms with van der Waals surface area (Å²) < 4.78 is 29.5. The van der Waals surface area contributed by atoms with E-state index >= 15 is 0 Å². The zero-order valence-electron chi connectivity index (χ0n) is 9.83. The Morgan fingerprint density at radius 1 is 1.47 bits per heavy atom. The molecular weight excluding hydrogens is 294 g/mol. The Kier molecular flexibility index (Phi) is 3.42. The highest BCUT2D eigenvalue weighted by Gasteiger charge is 2.22. The third-order valence-corrected chi connectivity index (χ3v) is 3.95.